The number of anilines is 1. The summed E-state index contributed by atoms with van der Waals surface area (Å²) in [5.41, 5.74) is 3.45. The second-order valence-electron chi connectivity index (χ2n) is 5.40. The molecule has 0 radical (unpaired) electrons. The van der Waals surface area contributed by atoms with E-state index in [0.717, 1.165) is 29.7 Å². The molecule has 0 bridgehead atoms. The smallest absolute Gasteiger partial charge is 0.251 e. The summed E-state index contributed by atoms with van der Waals surface area (Å²) < 4.78 is 0. The summed E-state index contributed by atoms with van der Waals surface area (Å²) in [4.78, 5) is 24.2. The maximum atomic E-state index is 12.2. The highest BCUT2D eigenvalue weighted by molar-refractivity contribution is 6.31. The maximum absolute atomic E-state index is 12.2. The fourth-order valence-corrected chi connectivity index (χ4v) is 2.67. The summed E-state index contributed by atoms with van der Waals surface area (Å²) in [7, 11) is 0. The molecule has 0 heterocycles. The number of nitrogens with one attached hydrogen (secondary N) is 2. The number of para-hydroxylation sites is 1. The number of halogens is 1. The maximum Gasteiger partial charge on any atom is 0.251 e. The van der Waals surface area contributed by atoms with Crippen molar-refractivity contribution < 1.29 is 9.59 Å². The highest BCUT2D eigenvalue weighted by Crippen LogP contribution is 2.22. The SMILES string of the molecule is CCc1cccc(CC)c1NC(=O)CNC(=O)c1cccc(Cl)c1. The lowest BCUT2D eigenvalue weighted by atomic mass is 10.0. The van der Waals surface area contributed by atoms with Crippen molar-refractivity contribution >= 4 is 29.1 Å². The Morgan fingerprint density at radius 2 is 1.62 bits per heavy atom. The van der Waals surface area contributed by atoms with Gasteiger partial charge in [0, 0.05) is 16.3 Å². The Hall–Kier alpha value is -2.33. The Labute approximate surface area is 147 Å². The van der Waals surface area contributed by atoms with E-state index in [1.807, 2.05) is 32.0 Å². The van der Waals surface area contributed by atoms with E-state index in [1.165, 1.54) is 0 Å². The van der Waals surface area contributed by atoms with Gasteiger partial charge in [-0.2, -0.15) is 0 Å². The Bertz CT molecular complexity index is 722. The van der Waals surface area contributed by atoms with Crippen molar-refractivity contribution in [3.05, 3.63) is 64.2 Å². The molecule has 2 rings (SSSR count). The Kier molecular flexibility index (Phi) is 6.38. The number of hydrogen-bond acceptors (Lipinski definition) is 2. The van der Waals surface area contributed by atoms with E-state index in [2.05, 4.69) is 10.6 Å². The van der Waals surface area contributed by atoms with Crippen LogP contribution >= 0.6 is 11.6 Å². The van der Waals surface area contributed by atoms with Gasteiger partial charge >= 0.3 is 0 Å². The average molecular weight is 345 g/mol. The van der Waals surface area contributed by atoms with Crippen molar-refractivity contribution in [2.24, 2.45) is 0 Å². The molecule has 0 saturated heterocycles. The van der Waals surface area contributed by atoms with Gasteiger partial charge in [-0.15, -0.1) is 0 Å². The minimum absolute atomic E-state index is 0.0907. The molecule has 0 spiro atoms. The van der Waals surface area contributed by atoms with Gasteiger partial charge in [-0.25, -0.2) is 0 Å². The van der Waals surface area contributed by atoms with Crippen LogP contribution in [-0.4, -0.2) is 18.4 Å². The molecule has 0 aliphatic carbocycles. The number of aryl methyl sites for hydroxylation is 2. The summed E-state index contributed by atoms with van der Waals surface area (Å²) >= 11 is 5.87. The van der Waals surface area contributed by atoms with Crippen molar-refractivity contribution in [1.29, 1.82) is 0 Å². The van der Waals surface area contributed by atoms with E-state index in [1.54, 1.807) is 24.3 Å². The van der Waals surface area contributed by atoms with Crippen LogP contribution in [0.3, 0.4) is 0 Å². The van der Waals surface area contributed by atoms with Crippen molar-refractivity contribution in [1.82, 2.24) is 5.32 Å². The van der Waals surface area contributed by atoms with Crippen LogP contribution in [0, 0.1) is 0 Å². The van der Waals surface area contributed by atoms with E-state index in [0.29, 0.717) is 10.6 Å². The van der Waals surface area contributed by atoms with Crippen molar-refractivity contribution in [2.75, 3.05) is 11.9 Å². The zero-order valence-corrected chi connectivity index (χ0v) is 14.6. The molecule has 4 nitrogen and oxygen atoms in total. The Morgan fingerprint density at radius 1 is 1.00 bits per heavy atom. The van der Waals surface area contributed by atoms with Crippen molar-refractivity contribution in [3.8, 4) is 0 Å². The fourth-order valence-electron chi connectivity index (χ4n) is 2.48. The van der Waals surface area contributed by atoms with Crippen LogP contribution in [0.25, 0.3) is 0 Å². The summed E-state index contributed by atoms with van der Waals surface area (Å²) in [6, 6.07) is 12.6. The molecule has 0 aromatic heterocycles. The highest BCUT2D eigenvalue weighted by Gasteiger charge is 2.12. The summed E-state index contributed by atoms with van der Waals surface area (Å²) in [5.74, 6) is -0.576. The normalized spacial score (nSPS) is 10.3. The monoisotopic (exact) mass is 344 g/mol. The molecular weight excluding hydrogens is 324 g/mol. The predicted octanol–water partition coefficient (Wildman–Crippen LogP) is 3.83. The Morgan fingerprint density at radius 3 is 2.21 bits per heavy atom. The zero-order chi connectivity index (χ0) is 17.5. The first-order valence-electron chi connectivity index (χ1n) is 7.99. The lowest BCUT2D eigenvalue weighted by Crippen LogP contribution is -2.33. The number of carbonyl (C=O) groups excluding carboxylic acids is 2. The minimum atomic E-state index is -0.327. The first-order valence-corrected chi connectivity index (χ1v) is 8.37. The van der Waals surface area contributed by atoms with Gasteiger partial charge in [0.2, 0.25) is 5.91 Å². The second kappa shape index (κ2) is 8.50. The third-order valence-corrected chi connectivity index (χ3v) is 3.99. The first kappa shape index (κ1) is 18.0. The number of carbonyl (C=O) groups is 2. The van der Waals surface area contributed by atoms with Gasteiger partial charge in [0.05, 0.1) is 6.54 Å². The third kappa shape index (κ3) is 4.59. The molecule has 2 N–H and O–H groups in total. The van der Waals surface area contributed by atoms with Crippen LogP contribution in [0.5, 0.6) is 0 Å². The van der Waals surface area contributed by atoms with Gasteiger partial charge in [0.25, 0.3) is 5.91 Å². The molecule has 2 amide bonds. The van der Waals surface area contributed by atoms with Crippen molar-refractivity contribution in [2.45, 2.75) is 26.7 Å². The zero-order valence-electron chi connectivity index (χ0n) is 13.9. The fraction of sp³-hybridized carbons (Fsp3) is 0.263. The van der Waals surface area contributed by atoms with Gasteiger partial charge in [-0.05, 0) is 42.2 Å². The van der Waals surface area contributed by atoms with Crippen molar-refractivity contribution in [3.63, 3.8) is 0 Å². The Balaban J connectivity index is 2.00. The van der Waals surface area contributed by atoms with Crippen LogP contribution in [0.1, 0.15) is 35.3 Å². The van der Waals surface area contributed by atoms with Gasteiger partial charge in [-0.3, -0.25) is 9.59 Å². The molecule has 0 unspecified atom stereocenters. The molecule has 0 aliphatic rings. The minimum Gasteiger partial charge on any atom is -0.343 e. The standard InChI is InChI=1S/C19H21ClN2O2/c1-3-13-7-5-8-14(4-2)18(13)22-17(23)12-21-19(24)15-9-6-10-16(20)11-15/h5-11H,3-4,12H2,1-2H3,(H,21,24)(H,22,23). The van der Waals surface area contributed by atoms with Crippen LogP contribution in [0.15, 0.2) is 42.5 Å². The molecule has 2 aromatic carbocycles. The van der Waals surface area contributed by atoms with E-state index in [9.17, 15) is 9.59 Å². The van der Waals surface area contributed by atoms with E-state index >= 15 is 0 Å². The predicted molar refractivity (Wildman–Crippen MR) is 97.6 cm³/mol. The number of benzene rings is 2. The van der Waals surface area contributed by atoms with Crippen LogP contribution in [0.2, 0.25) is 5.02 Å². The van der Waals surface area contributed by atoms with Gasteiger partial charge < -0.3 is 10.6 Å². The van der Waals surface area contributed by atoms with E-state index < -0.39 is 0 Å². The molecule has 24 heavy (non-hydrogen) atoms. The second-order valence-corrected chi connectivity index (χ2v) is 5.84. The molecule has 0 saturated carbocycles. The molecule has 0 atom stereocenters. The van der Waals surface area contributed by atoms with E-state index in [-0.39, 0.29) is 18.4 Å². The van der Waals surface area contributed by atoms with Gasteiger partial charge in [0.1, 0.15) is 0 Å². The van der Waals surface area contributed by atoms with Gasteiger partial charge in [-0.1, -0.05) is 49.7 Å². The molecule has 2 aromatic rings. The summed E-state index contributed by atoms with van der Waals surface area (Å²) in [6.07, 6.45) is 1.66. The molecule has 0 aliphatic heterocycles. The molecular formula is C19H21ClN2O2. The third-order valence-electron chi connectivity index (χ3n) is 3.76. The lowest BCUT2D eigenvalue weighted by molar-refractivity contribution is -0.115. The number of hydrogen-bond donors (Lipinski definition) is 2. The molecule has 5 heteroatoms. The lowest BCUT2D eigenvalue weighted by Gasteiger charge is -2.14. The molecule has 0 fully saturated rings. The quantitative estimate of drug-likeness (QED) is 0.836. The summed E-state index contributed by atoms with van der Waals surface area (Å²) in [6.45, 7) is 4.00. The van der Waals surface area contributed by atoms with Crippen LogP contribution in [0.4, 0.5) is 5.69 Å². The number of amides is 2. The number of rotatable bonds is 6. The average Bonchev–Trinajstić information content (AvgIpc) is 2.59. The topological polar surface area (TPSA) is 58.2 Å². The van der Waals surface area contributed by atoms with Crippen LogP contribution < -0.4 is 10.6 Å². The van der Waals surface area contributed by atoms with Crippen LogP contribution in [-0.2, 0) is 17.6 Å². The highest BCUT2D eigenvalue weighted by atomic mass is 35.5. The summed E-state index contributed by atoms with van der Waals surface area (Å²) in [5, 5.41) is 6.01. The largest absolute Gasteiger partial charge is 0.343 e. The van der Waals surface area contributed by atoms with Gasteiger partial charge in [0.15, 0.2) is 0 Å². The molecule has 126 valence electrons. The van der Waals surface area contributed by atoms with E-state index in [4.69, 9.17) is 11.6 Å². The first-order chi connectivity index (χ1) is 11.5.